The monoisotopic (exact) mass is 420 g/mol. The summed E-state index contributed by atoms with van der Waals surface area (Å²) < 4.78 is 13.1. The van der Waals surface area contributed by atoms with Gasteiger partial charge in [-0.25, -0.2) is 0 Å². The van der Waals surface area contributed by atoms with Crippen molar-refractivity contribution in [2.24, 2.45) is 0 Å². The second-order valence-corrected chi connectivity index (χ2v) is 8.59. The van der Waals surface area contributed by atoms with Crippen LogP contribution in [0.25, 0.3) is 4.91 Å². The van der Waals surface area contributed by atoms with Gasteiger partial charge >= 0.3 is 0 Å². The zero-order valence-corrected chi connectivity index (χ0v) is 18.1. The molecule has 2 N–H and O–H groups in total. The molecule has 3 aromatic carbocycles. The fourth-order valence-electron chi connectivity index (χ4n) is 2.93. The van der Waals surface area contributed by atoms with Crippen LogP contribution in [0.4, 0.5) is 5.69 Å². The highest BCUT2D eigenvalue weighted by Crippen LogP contribution is 2.21. The summed E-state index contributed by atoms with van der Waals surface area (Å²) in [5.74, 6) is 0.445. The van der Waals surface area contributed by atoms with Gasteiger partial charge in [0.2, 0.25) is 0 Å². The Morgan fingerprint density at radius 1 is 0.966 bits per heavy atom. The lowest BCUT2D eigenvalue weighted by atomic mass is 10.1. The van der Waals surface area contributed by atoms with Crippen LogP contribution in [0.3, 0.4) is 0 Å². The van der Waals surface area contributed by atoms with Crippen LogP contribution >= 0.6 is 12.2 Å². The average molecular weight is 421 g/mol. The third-order valence-corrected chi connectivity index (χ3v) is 6.07. The molecular weight excluding hydrogens is 396 g/mol. The van der Waals surface area contributed by atoms with Crippen LogP contribution in [-0.2, 0) is 16.6 Å². The van der Waals surface area contributed by atoms with Crippen molar-refractivity contribution < 1.29 is 4.21 Å². The van der Waals surface area contributed by atoms with E-state index in [0.717, 1.165) is 22.4 Å². The number of rotatable bonds is 6. The molecule has 1 atom stereocenters. The Labute approximate surface area is 180 Å². The molecule has 0 saturated heterocycles. The van der Waals surface area contributed by atoms with Crippen LogP contribution in [0.15, 0.2) is 85.1 Å². The number of hydrogen-bond acceptors (Lipinski definition) is 2. The molecule has 0 amide bonds. The molecule has 148 valence electrons. The minimum absolute atomic E-state index is 0.445. The van der Waals surface area contributed by atoms with Crippen LogP contribution in [0.5, 0.6) is 0 Å². The third kappa shape index (κ3) is 6.11. The Bertz CT molecular complexity index is 1030. The van der Waals surface area contributed by atoms with E-state index in [1.54, 1.807) is 6.20 Å². The summed E-state index contributed by atoms with van der Waals surface area (Å²) in [6.45, 7) is 4.10. The molecule has 0 saturated carbocycles. The summed E-state index contributed by atoms with van der Waals surface area (Å²) >= 11 is 5.45. The van der Waals surface area contributed by atoms with Crippen LogP contribution in [0.1, 0.15) is 22.3 Å². The van der Waals surface area contributed by atoms with Gasteiger partial charge in [0.15, 0.2) is 5.11 Å². The number of aryl methyl sites for hydroxylation is 2. The number of thiocarbonyl (C=S) groups is 1. The minimum atomic E-state index is -1.22. The molecule has 0 aliphatic rings. The first-order chi connectivity index (χ1) is 14.0. The SMILES string of the molecule is Cc1ccc(NC(=S)N/C=C(\c2ccccc2)[S@](=O)Cc2ccccc2)c(C)c1. The van der Waals surface area contributed by atoms with E-state index in [1.165, 1.54) is 5.56 Å². The smallest absolute Gasteiger partial charge is 0.174 e. The summed E-state index contributed by atoms with van der Waals surface area (Å²) in [6.07, 6.45) is 1.74. The van der Waals surface area contributed by atoms with Crippen molar-refractivity contribution in [3.8, 4) is 0 Å². The van der Waals surface area contributed by atoms with Crippen LogP contribution < -0.4 is 10.6 Å². The molecule has 0 fully saturated rings. The van der Waals surface area contributed by atoms with Crippen molar-refractivity contribution in [2.75, 3.05) is 5.32 Å². The van der Waals surface area contributed by atoms with Gasteiger partial charge in [-0.15, -0.1) is 0 Å². The maximum absolute atomic E-state index is 13.1. The summed E-state index contributed by atoms with van der Waals surface area (Å²) in [7, 11) is -1.22. The summed E-state index contributed by atoms with van der Waals surface area (Å²) in [4.78, 5) is 0.708. The predicted octanol–water partition coefficient (Wildman–Crippen LogP) is 5.54. The molecule has 0 aliphatic heterocycles. The normalized spacial score (nSPS) is 12.3. The minimum Gasteiger partial charge on any atom is -0.338 e. The van der Waals surface area contributed by atoms with Crippen molar-refractivity contribution in [1.29, 1.82) is 0 Å². The van der Waals surface area contributed by atoms with Gasteiger partial charge < -0.3 is 10.6 Å². The fourth-order valence-corrected chi connectivity index (χ4v) is 4.34. The second kappa shape index (κ2) is 10.1. The van der Waals surface area contributed by atoms with Crippen molar-refractivity contribution in [3.63, 3.8) is 0 Å². The molecular formula is C24H24N2OS2. The lowest BCUT2D eigenvalue weighted by Gasteiger charge is -2.13. The molecule has 0 unspecified atom stereocenters. The number of anilines is 1. The molecule has 3 rings (SSSR count). The van der Waals surface area contributed by atoms with Crippen LogP contribution in [0, 0.1) is 13.8 Å². The molecule has 3 nitrogen and oxygen atoms in total. The zero-order valence-electron chi connectivity index (χ0n) is 16.5. The van der Waals surface area contributed by atoms with E-state index in [2.05, 4.69) is 23.6 Å². The van der Waals surface area contributed by atoms with E-state index < -0.39 is 10.8 Å². The largest absolute Gasteiger partial charge is 0.338 e. The highest BCUT2D eigenvalue weighted by molar-refractivity contribution is 7.93. The standard InChI is InChI=1S/C24H24N2OS2/c1-18-13-14-22(19(2)15-18)26-24(28)25-16-23(21-11-7-4-8-12-21)29(27)17-20-9-5-3-6-10-20/h3-16H,17H2,1-2H3,(H2,25,26,28)/b23-16+/t29-/m1/s1. The molecule has 3 aromatic rings. The van der Waals surface area contributed by atoms with E-state index in [-0.39, 0.29) is 0 Å². The van der Waals surface area contributed by atoms with Gasteiger partial charge in [-0.1, -0.05) is 78.4 Å². The van der Waals surface area contributed by atoms with E-state index >= 15 is 0 Å². The molecule has 0 bridgehead atoms. The Hall–Kier alpha value is -2.76. The first-order valence-electron chi connectivity index (χ1n) is 9.35. The highest BCUT2D eigenvalue weighted by atomic mass is 32.2. The maximum Gasteiger partial charge on any atom is 0.174 e. The van der Waals surface area contributed by atoms with Crippen molar-refractivity contribution in [1.82, 2.24) is 5.32 Å². The first kappa shape index (κ1) is 21.0. The topological polar surface area (TPSA) is 41.1 Å². The third-order valence-electron chi connectivity index (χ3n) is 4.41. The Morgan fingerprint density at radius 3 is 2.28 bits per heavy atom. The summed E-state index contributed by atoms with van der Waals surface area (Å²) in [5.41, 5.74) is 5.21. The fraction of sp³-hybridized carbons (Fsp3) is 0.125. The average Bonchev–Trinajstić information content (AvgIpc) is 2.72. The number of hydrogen-bond donors (Lipinski definition) is 2. The van der Waals surface area contributed by atoms with Gasteiger partial charge in [0.1, 0.15) is 0 Å². The summed E-state index contributed by atoms with van der Waals surface area (Å²) in [6, 6.07) is 25.7. The number of nitrogens with one attached hydrogen (secondary N) is 2. The Morgan fingerprint density at radius 2 is 1.62 bits per heavy atom. The summed E-state index contributed by atoms with van der Waals surface area (Å²) in [5, 5.41) is 6.77. The molecule has 0 spiro atoms. The van der Waals surface area contributed by atoms with Crippen LogP contribution in [-0.4, -0.2) is 9.32 Å². The predicted molar refractivity (Wildman–Crippen MR) is 128 cm³/mol. The lowest BCUT2D eigenvalue weighted by Crippen LogP contribution is -2.24. The molecule has 0 radical (unpaired) electrons. The number of benzene rings is 3. The molecule has 0 aromatic heterocycles. The van der Waals surface area contributed by atoms with Gasteiger partial charge in [0.05, 0.1) is 21.5 Å². The molecule has 0 heterocycles. The second-order valence-electron chi connectivity index (χ2n) is 6.77. The Kier molecular flexibility index (Phi) is 7.33. The molecule has 29 heavy (non-hydrogen) atoms. The van der Waals surface area contributed by atoms with Gasteiger partial charge in [-0.2, -0.15) is 0 Å². The van der Waals surface area contributed by atoms with E-state index in [0.29, 0.717) is 15.8 Å². The van der Waals surface area contributed by atoms with Crippen LogP contribution in [0.2, 0.25) is 0 Å². The quantitative estimate of drug-likeness (QED) is 0.514. The zero-order chi connectivity index (χ0) is 20.6. The first-order valence-corrected chi connectivity index (χ1v) is 11.1. The van der Waals surface area contributed by atoms with Gasteiger partial charge in [-0.05, 0) is 48.8 Å². The van der Waals surface area contributed by atoms with Crippen molar-refractivity contribution in [3.05, 3.63) is 107 Å². The van der Waals surface area contributed by atoms with Gasteiger partial charge in [0.25, 0.3) is 0 Å². The molecule has 0 aliphatic carbocycles. The van der Waals surface area contributed by atoms with E-state index in [4.69, 9.17) is 12.2 Å². The van der Waals surface area contributed by atoms with E-state index in [1.807, 2.05) is 79.7 Å². The van der Waals surface area contributed by atoms with E-state index in [9.17, 15) is 4.21 Å². The molecule has 5 heteroatoms. The van der Waals surface area contributed by atoms with Gasteiger partial charge in [-0.3, -0.25) is 4.21 Å². The van der Waals surface area contributed by atoms with Crippen molar-refractivity contribution in [2.45, 2.75) is 19.6 Å². The van der Waals surface area contributed by atoms with Gasteiger partial charge in [0, 0.05) is 11.9 Å². The maximum atomic E-state index is 13.1. The Balaban J connectivity index is 1.77. The van der Waals surface area contributed by atoms with Crippen molar-refractivity contribution >= 4 is 38.7 Å². The lowest BCUT2D eigenvalue weighted by molar-refractivity contribution is 0.688. The highest BCUT2D eigenvalue weighted by Gasteiger charge is 2.12.